The van der Waals surface area contributed by atoms with E-state index in [0.29, 0.717) is 0 Å². The van der Waals surface area contributed by atoms with Gasteiger partial charge in [-0.25, -0.2) is 0 Å². The van der Waals surface area contributed by atoms with Crippen LogP contribution in [0.3, 0.4) is 0 Å². The van der Waals surface area contributed by atoms with Crippen LogP contribution in [0, 0.1) is 24.7 Å². The van der Waals surface area contributed by atoms with Gasteiger partial charge in [-0.2, -0.15) is 0 Å². The van der Waals surface area contributed by atoms with Crippen LogP contribution >= 0.6 is 0 Å². The first-order valence-corrected chi connectivity index (χ1v) is 12.9. The second-order valence-corrected chi connectivity index (χ2v) is 9.66. The Kier molecular flexibility index (Phi) is 20.7. The summed E-state index contributed by atoms with van der Waals surface area (Å²) in [5, 5.41) is 0. The largest absolute Gasteiger partial charge is 0.0654 e. The highest BCUT2D eigenvalue weighted by Gasteiger charge is 2.12. The molecule has 0 aromatic carbocycles. The predicted molar refractivity (Wildman–Crippen MR) is 126 cm³/mol. The summed E-state index contributed by atoms with van der Waals surface area (Å²) in [4.78, 5) is 0. The van der Waals surface area contributed by atoms with Gasteiger partial charge >= 0.3 is 0 Å². The van der Waals surface area contributed by atoms with Crippen molar-refractivity contribution in [2.24, 2.45) is 17.8 Å². The highest BCUT2D eigenvalue weighted by molar-refractivity contribution is 4.64. The van der Waals surface area contributed by atoms with Gasteiger partial charge < -0.3 is 0 Å². The fourth-order valence-electron chi connectivity index (χ4n) is 4.16. The van der Waals surface area contributed by atoms with Crippen LogP contribution in [0.2, 0.25) is 0 Å². The van der Waals surface area contributed by atoms with E-state index in [4.69, 9.17) is 0 Å². The molecule has 0 bridgehead atoms. The van der Waals surface area contributed by atoms with E-state index in [1.165, 1.54) is 116 Å². The van der Waals surface area contributed by atoms with Crippen molar-refractivity contribution in [1.82, 2.24) is 0 Å². The van der Waals surface area contributed by atoms with Crippen LogP contribution in [0.4, 0.5) is 0 Å². The van der Waals surface area contributed by atoms with Crippen LogP contribution in [-0.2, 0) is 0 Å². The molecule has 0 aliphatic heterocycles. The molecule has 0 nitrogen and oxygen atoms in total. The standard InChI is InChI=1S/C27H55/c1-6-8-9-10-11-12-13-14-15-16-17-18-19-20-23-26(4)27(5)24-21-22-25(3)7-2/h25-27H,2,6-24H2,1,3-5H3. The van der Waals surface area contributed by atoms with Gasteiger partial charge in [0.15, 0.2) is 0 Å². The van der Waals surface area contributed by atoms with Gasteiger partial charge in [-0.15, -0.1) is 0 Å². The lowest BCUT2D eigenvalue weighted by Gasteiger charge is -2.20. The Morgan fingerprint density at radius 1 is 0.481 bits per heavy atom. The van der Waals surface area contributed by atoms with E-state index in [-0.39, 0.29) is 0 Å². The SMILES string of the molecule is [CH2]CC(C)CCCC(C)C(C)CCCCCCCCCCCCCCCC. The third-order valence-corrected chi connectivity index (χ3v) is 6.83. The lowest BCUT2D eigenvalue weighted by molar-refractivity contribution is 0.315. The molecule has 0 fully saturated rings. The van der Waals surface area contributed by atoms with Crippen molar-refractivity contribution in [2.45, 2.75) is 150 Å². The Labute approximate surface area is 174 Å². The summed E-state index contributed by atoms with van der Waals surface area (Å²) in [5.74, 6) is 2.64. The smallest absolute Gasteiger partial charge is 0.0417 e. The molecular formula is C27H55. The zero-order chi connectivity index (χ0) is 20.2. The second kappa shape index (κ2) is 20.7. The van der Waals surface area contributed by atoms with E-state index in [2.05, 4.69) is 34.6 Å². The van der Waals surface area contributed by atoms with Gasteiger partial charge in [-0.1, -0.05) is 157 Å². The molecule has 0 aromatic rings. The van der Waals surface area contributed by atoms with Crippen LogP contribution in [-0.4, -0.2) is 0 Å². The van der Waals surface area contributed by atoms with Gasteiger partial charge in [-0.3, -0.25) is 0 Å². The van der Waals surface area contributed by atoms with E-state index in [0.717, 1.165) is 24.2 Å². The molecule has 0 rings (SSSR count). The van der Waals surface area contributed by atoms with Gasteiger partial charge in [0, 0.05) is 0 Å². The van der Waals surface area contributed by atoms with E-state index in [1.807, 2.05) is 0 Å². The van der Waals surface area contributed by atoms with Crippen molar-refractivity contribution in [3.05, 3.63) is 6.92 Å². The molecule has 3 atom stereocenters. The van der Waals surface area contributed by atoms with Gasteiger partial charge in [0.2, 0.25) is 0 Å². The molecule has 0 saturated heterocycles. The summed E-state index contributed by atoms with van der Waals surface area (Å²) in [7, 11) is 0. The Balaban J connectivity index is 3.29. The number of rotatable bonds is 21. The van der Waals surface area contributed by atoms with Crippen molar-refractivity contribution in [3.63, 3.8) is 0 Å². The summed E-state index contributed by atoms with van der Waals surface area (Å²) < 4.78 is 0. The molecule has 0 spiro atoms. The Hall–Kier alpha value is 0. The van der Waals surface area contributed by atoms with Crippen molar-refractivity contribution >= 4 is 0 Å². The highest BCUT2D eigenvalue weighted by atomic mass is 14.2. The topological polar surface area (TPSA) is 0 Å². The van der Waals surface area contributed by atoms with Crippen molar-refractivity contribution < 1.29 is 0 Å². The molecule has 0 amide bonds. The summed E-state index contributed by atoms with van der Waals surface area (Å²) >= 11 is 0. The van der Waals surface area contributed by atoms with Crippen LogP contribution in [0.25, 0.3) is 0 Å². The lowest BCUT2D eigenvalue weighted by Crippen LogP contribution is -2.08. The van der Waals surface area contributed by atoms with Gasteiger partial charge in [0.25, 0.3) is 0 Å². The predicted octanol–water partition coefficient (Wildman–Crippen LogP) is 10.2. The van der Waals surface area contributed by atoms with E-state index in [1.54, 1.807) is 0 Å². The van der Waals surface area contributed by atoms with Crippen LogP contribution in [0.1, 0.15) is 150 Å². The lowest BCUT2D eigenvalue weighted by atomic mass is 9.86. The minimum absolute atomic E-state index is 0.818. The molecule has 1 radical (unpaired) electrons. The van der Waals surface area contributed by atoms with Crippen LogP contribution in [0.15, 0.2) is 0 Å². The fourth-order valence-corrected chi connectivity index (χ4v) is 4.16. The maximum absolute atomic E-state index is 4.02. The minimum atomic E-state index is 0.818. The Bertz CT molecular complexity index is 269. The third-order valence-electron chi connectivity index (χ3n) is 6.83. The summed E-state index contributed by atoms with van der Waals surface area (Å²) in [6.45, 7) is 13.6. The van der Waals surface area contributed by atoms with E-state index in [9.17, 15) is 0 Å². The molecular weight excluding hydrogens is 324 g/mol. The number of unbranched alkanes of at least 4 members (excludes halogenated alkanes) is 13. The Morgan fingerprint density at radius 3 is 1.26 bits per heavy atom. The monoisotopic (exact) mass is 379 g/mol. The first kappa shape index (κ1) is 27.0. The summed E-state index contributed by atoms with van der Waals surface area (Å²) in [5.41, 5.74) is 0. The minimum Gasteiger partial charge on any atom is -0.0654 e. The summed E-state index contributed by atoms with van der Waals surface area (Å²) in [6, 6.07) is 0. The maximum Gasteiger partial charge on any atom is -0.0417 e. The van der Waals surface area contributed by atoms with Crippen LogP contribution < -0.4 is 0 Å². The number of hydrogen-bond donors (Lipinski definition) is 0. The molecule has 163 valence electrons. The van der Waals surface area contributed by atoms with E-state index < -0.39 is 0 Å². The molecule has 3 unspecified atom stereocenters. The third kappa shape index (κ3) is 19.1. The van der Waals surface area contributed by atoms with Crippen molar-refractivity contribution in [2.75, 3.05) is 0 Å². The van der Waals surface area contributed by atoms with Gasteiger partial charge in [-0.05, 0) is 17.8 Å². The van der Waals surface area contributed by atoms with Crippen LogP contribution in [0.5, 0.6) is 0 Å². The van der Waals surface area contributed by atoms with Crippen molar-refractivity contribution in [3.8, 4) is 0 Å². The number of hydrogen-bond acceptors (Lipinski definition) is 0. The molecule has 0 N–H and O–H groups in total. The molecule has 0 heterocycles. The normalized spacial score (nSPS) is 15.0. The second-order valence-electron chi connectivity index (χ2n) is 9.66. The quantitative estimate of drug-likeness (QED) is 0.174. The molecule has 0 aliphatic rings. The first-order chi connectivity index (χ1) is 13.1. The molecule has 0 saturated carbocycles. The summed E-state index contributed by atoms with van der Waals surface area (Å²) in [6.07, 6.45) is 27.2. The average Bonchev–Trinajstić information content (AvgIpc) is 2.67. The first-order valence-electron chi connectivity index (χ1n) is 12.9. The average molecular weight is 380 g/mol. The highest BCUT2D eigenvalue weighted by Crippen LogP contribution is 2.25. The maximum atomic E-state index is 4.02. The molecule has 27 heavy (non-hydrogen) atoms. The zero-order valence-electron chi connectivity index (χ0n) is 19.9. The van der Waals surface area contributed by atoms with Crippen molar-refractivity contribution in [1.29, 1.82) is 0 Å². The fraction of sp³-hybridized carbons (Fsp3) is 0.963. The molecule has 0 aromatic heterocycles. The van der Waals surface area contributed by atoms with Gasteiger partial charge in [0.1, 0.15) is 0 Å². The van der Waals surface area contributed by atoms with E-state index >= 15 is 0 Å². The Morgan fingerprint density at radius 2 is 0.852 bits per heavy atom. The molecule has 0 aliphatic carbocycles. The van der Waals surface area contributed by atoms with Gasteiger partial charge in [0.05, 0.1) is 0 Å². The zero-order valence-corrected chi connectivity index (χ0v) is 19.9. The molecule has 0 heteroatoms.